The number of amides is 2. The average Bonchev–Trinajstić information content (AvgIpc) is 3.37. The van der Waals surface area contributed by atoms with Crippen LogP contribution in [0.3, 0.4) is 0 Å². The standard InChI is InChI=1S/C25H33N3O5S/c1-17(22(30)27-23-19(16-26)18-7-3-2-4-8-20(18)34-23)33-24(31)25(9-5-6-10-25)15-21(29)28-11-13-32-14-12-28/h17H,2-15H2,1H3,(H,27,30)/t17-/m0/s1. The Morgan fingerprint density at radius 3 is 2.56 bits per heavy atom. The summed E-state index contributed by atoms with van der Waals surface area (Å²) in [5.74, 6) is -0.983. The highest BCUT2D eigenvalue weighted by atomic mass is 32.1. The van der Waals surface area contributed by atoms with Gasteiger partial charge in [0.2, 0.25) is 5.91 Å². The number of rotatable bonds is 6. The Labute approximate surface area is 204 Å². The molecule has 1 aromatic rings. The van der Waals surface area contributed by atoms with Crippen molar-refractivity contribution in [1.29, 1.82) is 5.26 Å². The third kappa shape index (κ3) is 5.28. The second-order valence-electron chi connectivity index (χ2n) is 9.57. The predicted octanol–water partition coefficient (Wildman–Crippen LogP) is 3.57. The molecule has 2 fully saturated rings. The van der Waals surface area contributed by atoms with Crippen LogP contribution >= 0.6 is 11.3 Å². The molecule has 2 heterocycles. The molecule has 0 bridgehead atoms. The van der Waals surface area contributed by atoms with E-state index in [0.29, 0.717) is 49.7 Å². The smallest absolute Gasteiger partial charge is 0.313 e. The van der Waals surface area contributed by atoms with Gasteiger partial charge < -0.3 is 19.7 Å². The number of esters is 1. The lowest BCUT2D eigenvalue weighted by Gasteiger charge is -2.32. The quantitative estimate of drug-likeness (QED) is 0.485. The minimum atomic E-state index is -1.02. The number of nitrogens with one attached hydrogen (secondary N) is 1. The lowest BCUT2D eigenvalue weighted by atomic mass is 9.82. The second-order valence-corrected chi connectivity index (χ2v) is 10.7. The van der Waals surface area contributed by atoms with Crippen LogP contribution in [0.4, 0.5) is 5.00 Å². The molecule has 2 aliphatic carbocycles. The first-order valence-electron chi connectivity index (χ1n) is 12.4. The van der Waals surface area contributed by atoms with Crippen molar-refractivity contribution < 1.29 is 23.9 Å². The van der Waals surface area contributed by atoms with E-state index in [-0.39, 0.29) is 12.3 Å². The maximum absolute atomic E-state index is 13.2. The summed E-state index contributed by atoms with van der Waals surface area (Å²) in [6.45, 7) is 3.64. The maximum Gasteiger partial charge on any atom is 0.313 e. The Balaban J connectivity index is 1.40. The van der Waals surface area contributed by atoms with Crippen molar-refractivity contribution in [2.75, 3.05) is 31.6 Å². The van der Waals surface area contributed by atoms with Crippen LogP contribution in [0.2, 0.25) is 0 Å². The third-order valence-corrected chi connectivity index (χ3v) is 8.48. The highest BCUT2D eigenvalue weighted by Gasteiger charge is 2.46. The van der Waals surface area contributed by atoms with E-state index >= 15 is 0 Å². The first kappa shape index (κ1) is 24.7. The van der Waals surface area contributed by atoms with Crippen LogP contribution in [0, 0.1) is 16.7 Å². The van der Waals surface area contributed by atoms with Crippen molar-refractivity contribution in [3.05, 3.63) is 16.0 Å². The lowest BCUT2D eigenvalue weighted by Crippen LogP contribution is -2.45. The van der Waals surface area contributed by atoms with Crippen LogP contribution in [0.1, 0.15) is 74.3 Å². The van der Waals surface area contributed by atoms with E-state index in [1.165, 1.54) is 16.2 Å². The number of aryl methyl sites for hydroxylation is 1. The number of nitrogens with zero attached hydrogens (tertiary/aromatic N) is 2. The summed E-state index contributed by atoms with van der Waals surface area (Å²) >= 11 is 1.46. The van der Waals surface area contributed by atoms with Gasteiger partial charge in [0.1, 0.15) is 11.1 Å². The Morgan fingerprint density at radius 2 is 1.85 bits per heavy atom. The van der Waals surface area contributed by atoms with Gasteiger partial charge in [-0.05, 0) is 51.0 Å². The van der Waals surface area contributed by atoms with E-state index in [1.807, 2.05) is 0 Å². The van der Waals surface area contributed by atoms with Crippen molar-refractivity contribution in [2.45, 2.75) is 77.2 Å². The first-order chi connectivity index (χ1) is 16.4. The predicted molar refractivity (Wildman–Crippen MR) is 127 cm³/mol. The van der Waals surface area contributed by atoms with Crippen molar-refractivity contribution in [1.82, 2.24) is 4.90 Å². The van der Waals surface area contributed by atoms with Gasteiger partial charge in [-0.25, -0.2) is 0 Å². The van der Waals surface area contributed by atoms with Gasteiger partial charge in [0, 0.05) is 24.4 Å². The summed E-state index contributed by atoms with van der Waals surface area (Å²) in [5.41, 5.74) is 0.718. The second kappa shape index (κ2) is 10.9. The maximum atomic E-state index is 13.2. The van der Waals surface area contributed by atoms with Gasteiger partial charge >= 0.3 is 5.97 Å². The number of carbonyl (C=O) groups excluding carboxylic acids is 3. The number of morpholine rings is 1. The van der Waals surface area contributed by atoms with Gasteiger partial charge in [-0.2, -0.15) is 5.26 Å². The third-order valence-electron chi connectivity index (χ3n) is 7.27. The van der Waals surface area contributed by atoms with Gasteiger partial charge in [0.05, 0.1) is 24.2 Å². The normalized spacial score (nSPS) is 20.5. The molecule has 9 heteroatoms. The molecule has 1 aliphatic heterocycles. The van der Waals surface area contributed by atoms with Crippen molar-refractivity contribution in [2.24, 2.45) is 5.41 Å². The summed E-state index contributed by atoms with van der Waals surface area (Å²) in [4.78, 5) is 41.9. The molecule has 184 valence electrons. The molecular weight excluding hydrogens is 454 g/mol. The largest absolute Gasteiger partial charge is 0.452 e. The molecule has 1 atom stereocenters. The van der Waals surface area contributed by atoms with Gasteiger partial charge in [-0.15, -0.1) is 11.3 Å². The minimum Gasteiger partial charge on any atom is -0.452 e. The number of carbonyl (C=O) groups is 3. The SMILES string of the molecule is C[C@H](OC(=O)C1(CC(=O)N2CCOCC2)CCCC1)C(=O)Nc1sc2c(c1C#N)CCCCC2. The molecule has 3 aliphatic rings. The van der Waals surface area contributed by atoms with Crippen LogP contribution in [0.5, 0.6) is 0 Å². The average molecular weight is 488 g/mol. The van der Waals surface area contributed by atoms with E-state index in [4.69, 9.17) is 9.47 Å². The number of thiophene rings is 1. The molecule has 0 radical (unpaired) electrons. The molecule has 0 aromatic carbocycles. The highest BCUT2D eigenvalue weighted by Crippen LogP contribution is 2.43. The van der Waals surface area contributed by atoms with Crippen LogP contribution in [0.25, 0.3) is 0 Å². The van der Waals surface area contributed by atoms with E-state index in [1.54, 1.807) is 11.8 Å². The summed E-state index contributed by atoms with van der Waals surface area (Å²) in [6, 6.07) is 2.26. The Hall–Kier alpha value is -2.44. The molecule has 4 rings (SSSR count). The number of anilines is 1. The van der Waals surface area contributed by atoms with E-state index in [9.17, 15) is 19.6 Å². The van der Waals surface area contributed by atoms with Crippen LogP contribution in [-0.4, -0.2) is 55.1 Å². The fourth-order valence-electron chi connectivity index (χ4n) is 5.22. The van der Waals surface area contributed by atoms with Crippen LogP contribution in [0.15, 0.2) is 0 Å². The first-order valence-corrected chi connectivity index (χ1v) is 13.2. The Morgan fingerprint density at radius 1 is 1.15 bits per heavy atom. The minimum absolute atomic E-state index is 0.0574. The lowest BCUT2D eigenvalue weighted by molar-refractivity contribution is -0.166. The number of nitriles is 1. The zero-order valence-electron chi connectivity index (χ0n) is 19.8. The molecule has 1 saturated heterocycles. The van der Waals surface area contributed by atoms with E-state index in [2.05, 4.69) is 11.4 Å². The zero-order valence-corrected chi connectivity index (χ0v) is 20.6. The summed E-state index contributed by atoms with van der Waals surface area (Å²) in [5, 5.41) is 13.1. The molecule has 0 spiro atoms. The summed E-state index contributed by atoms with van der Waals surface area (Å²) < 4.78 is 11.0. The fraction of sp³-hybridized carbons (Fsp3) is 0.680. The molecule has 1 saturated carbocycles. The number of ether oxygens (including phenoxy) is 2. The summed E-state index contributed by atoms with van der Waals surface area (Å²) in [7, 11) is 0. The number of fused-ring (bicyclic) bond motifs is 1. The number of hydrogen-bond donors (Lipinski definition) is 1. The molecule has 2 amide bonds. The molecule has 0 unspecified atom stereocenters. The van der Waals surface area contributed by atoms with E-state index in [0.717, 1.165) is 50.5 Å². The zero-order chi connectivity index (χ0) is 24.1. The molecule has 1 N–H and O–H groups in total. The molecule has 34 heavy (non-hydrogen) atoms. The van der Waals surface area contributed by atoms with Gasteiger partial charge in [-0.1, -0.05) is 19.3 Å². The van der Waals surface area contributed by atoms with E-state index < -0.39 is 23.4 Å². The van der Waals surface area contributed by atoms with Crippen molar-refractivity contribution in [3.63, 3.8) is 0 Å². The van der Waals surface area contributed by atoms with Crippen molar-refractivity contribution >= 4 is 34.1 Å². The topological polar surface area (TPSA) is 109 Å². The van der Waals surface area contributed by atoms with Gasteiger partial charge in [0.15, 0.2) is 6.10 Å². The van der Waals surface area contributed by atoms with Crippen molar-refractivity contribution in [3.8, 4) is 6.07 Å². The molecular formula is C25H33N3O5S. The van der Waals surface area contributed by atoms with Gasteiger partial charge in [0.25, 0.3) is 5.91 Å². The molecule has 8 nitrogen and oxygen atoms in total. The Bertz CT molecular complexity index is 970. The van der Waals surface area contributed by atoms with Crippen LogP contribution in [-0.2, 0) is 36.7 Å². The van der Waals surface area contributed by atoms with Gasteiger partial charge in [-0.3, -0.25) is 14.4 Å². The molecule has 1 aromatic heterocycles. The summed E-state index contributed by atoms with van der Waals surface area (Å²) in [6.07, 6.45) is 7.06. The fourth-order valence-corrected chi connectivity index (χ4v) is 6.46. The highest BCUT2D eigenvalue weighted by molar-refractivity contribution is 7.16. The number of hydrogen-bond acceptors (Lipinski definition) is 7. The van der Waals surface area contributed by atoms with Crippen LogP contribution < -0.4 is 5.32 Å². The monoisotopic (exact) mass is 487 g/mol. The Kier molecular flexibility index (Phi) is 7.89.